The van der Waals surface area contributed by atoms with Crippen LogP contribution in [0.5, 0.6) is 0 Å². The molecule has 0 saturated heterocycles. The molecule has 0 aliphatic carbocycles. The van der Waals surface area contributed by atoms with Gasteiger partial charge in [-0.3, -0.25) is 4.79 Å². The molecule has 0 aromatic heterocycles. The first-order valence-corrected chi connectivity index (χ1v) is 5.61. The summed E-state index contributed by atoms with van der Waals surface area (Å²) in [4.78, 5) is 11.3. The monoisotopic (exact) mass is 217 g/mol. The number of rotatable bonds is 7. The van der Waals surface area contributed by atoms with Crippen molar-refractivity contribution in [1.29, 1.82) is 0 Å². The molecule has 0 amide bonds. The van der Waals surface area contributed by atoms with E-state index in [1.54, 1.807) is 13.8 Å². The first kappa shape index (κ1) is 14.4. The van der Waals surface area contributed by atoms with Crippen LogP contribution in [-0.4, -0.2) is 35.9 Å². The van der Waals surface area contributed by atoms with Crippen molar-refractivity contribution >= 4 is 5.97 Å². The molecular weight excluding hydrogens is 194 g/mol. The van der Waals surface area contributed by atoms with Gasteiger partial charge in [0.15, 0.2) is 0 Å². The number of aliphatic hydroxyl groups is 1. The topological polar surface area (TPSA) is 58.6 Å². The number of esters is 1. The predicted molar refractivity (Wildman–Crippen MR) is 59.6 cm³/mol. The number of nitrogens with one attached hydrogen (secondary N) is 1. The van der Waals surface area contributed by atoms with Crippen LogP contribution < -0.4 is 5.32 Å². The maximum atomic E-state index is 11.3. The summed E-state index contributed by atoms with van der Waals surface area (Å²) in [6, 6.07) is -0.366. The first-order chi connectivity index (χ1) is 6.99. The zero-order chi connectivity index (χ0) is 11.9. The van der Waals surface area contributed by atoms with E-state index >= 15 is 0 Å². The Bertz CT molecular complexity index is 190. The van der Waals surface area contributed by atoms with Gasteiger partial charge in [-0.2, -0.15) is 0 Å². The average Bonchev–Trinajstić information content (AvgIpc) is 2.25. The Morgan fingerprint density at radius 1 is 1.40 bits per heavy atom. The first-order valence-electron chi connectivity index (χ1n) is 5.61. The number of carbonyl (C=O) groups is 1. The van der Waals surface area contributed by atoms with Gasteiger partial charge in [0.05, 0.1) is 12.2 Å². The van der Waals surface area contributed by atoms with E-state index in [4.69, 9.17) is 4.74 Å². The molecule has 0 aliphatic heterocycles. The van der Waals surface area contributed by atoms with Gasteiger partial charge in [0.2, 0.25) is 0 Å². The van der Waals surface area contributed by atoms with Gasteiger partial charge >= 0.3 is 5.97 Å². The molecule has 1 atom stereocenters. The molecule has 2 N–H and O–H groups in total. The average molecular weight is 217 g/mol. The Balaban J connectivity index is 3.98. The smallest absolute Gasteiger partial charge is 0.322 e. The lowest BCUT2D eigenvalue weighted by Gasteiger charge is -2.27. The fraction of sp³-hybridized carbons (Fsp3) is 0.909. The van der Waals surface area contributed by atoms with Gasteiger partial charge in [-0.15, -0.1) is 0 Å². The summed E-state index contributed by atoms with van der Waals surface area (Å²) in [5, 5.41) is 13.0. The van der Waals surface area contributed by atoms with Crippen molar-refractivity contribution in [3.63, 3.8) is 0 Å². The third-order valence-corrected chi connectivity index (χ3v) is 2.69. The van der Waals surface area contributed by atoms with Crippen LogP contribution in [0.15, 0.2) is 0 Å². The lowest BCUT2D eigenvalue weighted by molar-refractivity contribution is -0.145. The van der Waals surface area contributed by atoms with E-state index in [0.29, 0.717) is 26.0 Å². The number of ether oxygens (including phenoxy) is 1. The molecule has 0 aliphatic rings. The second kappa shape index (κ2) is 6.80. The van der Waals surface area contributed by atoms with E-state index in [-0.39, 0.29) is 12.0 Å². The quantitative estimate of drug-likeness (QED) is 0.626. The van der Waals surface area contributed by atoms with Gasteiger partial charge in [-0.25, -0.2) is 0 Å². The second-order valence-corrected chi connectivity index (χ2v) is 3.79. The minimum absolute atomic E-state index is 0.271. The van der Waals surface area contributed by atoms with Gasteiger partial charge < -0.3 is 15.2 Å². The van der Waals surface area contributed by atoms with Crippen molar-refractivity contribution in [2.24, 2.45) is 0 Å². The lowest BCUT2D eigenvalue weighted by atomic mass is 9.97. The van der Waals surface area contributed by atoms with E-state index in [9.17, 15) is 9.90 Å². The Labute approximate surface area is 92.0 Å². The summed E-state index contributed by atoms with van der Waals surface area (Å²) in [5.41, 5.74) is -0.721. The Hall–Kier alpha value is -0.610. The summed E-state index contributed by atoms with van der Waals surface area (Å²) in [5.74, 6) is -0.271. The van der Waals surface area contributed by atoms with Crippen LogP contribution in [0.4, 0.5) is 0 Å². The van der Waals surface area contributed by atoms with Crippen LogP contribution in [0.1, 0.15) is 40.5 Å². The van der Waals surface area contributed by atoms with Gasteiger partial charge in [-0.05, 0) is 26.7 Å². The summed E-state index contributed by atoms with van der Waals surface area (Å²) >= 11 is 0. The van der Waals surface area contributed by atoms with Gasteiger partial charge in [0.25, 0.3) is 0 Å². The van der Waals surface area contributed by atoms with Crippen LogP contribution in [0, 0.1) is 0 Å². The van der Waals surface area contributed by atoms with E-state index in [1.165, 1.54) is 0 Å². The third-order valence-electron chi connectivity index (χ3n) is 2.69. The molecule has 1 unspecified atom stereocenters. The maximum Gasteiger partial charge on any atom is 0.322 e. The molecule has 0 aromatic carbocycles. The van der Waals surface area contributed by atoms with Crippen molar-refractivity contribution in [2.75, 3.05) is 13.2 Å². The molecule has 4 heteroatoms. The van der Waals surface area contributed by atoms with Crippen molar-refractivity contribution in [3.8, 4) is 0 Å². The number of hydrogen-bond donors (Lipinski definition) is 2. The minimum Gasteiger partial charge on any atom is -0.465 e. The van der Waals surface area contributed by atoms with E-state index in [2.05, 4.69) is 5.32 Å². The SMILES string of the molecule is CCOC(=O)C(C)NCC(O)(CC)CC. The Kier molecular flexibility index (Phi) is 6.52. The molecule has 0 rings (SSSR count). The van der Waals surface area contributed by atoms with E-state index < -0.39 is 5.60 Å². The molecule has 4 nitrogen and oxygen atoms in total. The predicted octanol–water partition coefficient (Wildman–Crippen LogP) is 1.08. The fourth-order valence-electron chi connectivity index (χ4n) is 1.19. The van der Waals surface area contributed by atoms with E-state index in [0.717, 1.165) is 0 Å². The molecule has 15 heavy (non-hydrogen) atoms. The molecule has 0 saturated carbocycles. The third kappa shape index (κ3) is 5.14. The van der Waals surface area contributed by atoms with Crippen molar-refractivity contribution < 1.29 is 14.6 Å². The molecular formula is C11H23NO3. The van der Waals surface area contributed by atoms with Crippen LogP contribution in [0.3, 0.4) is 0 Å². The standard InChI is InChI=1S/C11H23NO3/c1-5-11(14,6-2)8-12-9(4)10(13)15-7-3/h9,12,14H,5-8H2,1-4H3. The molecule has 0 fully saturated rings. The molecule has 0 radical (unpaired) electrons. The van der Waals surface area contributed by atoms with Crippen molar-refractivity contribution in [3.05, 3.63) is 0 Å². The zero-order valence-corrected chi connectivity index (χ0v) is 10.2. The number of hydrogen-bond acceptors (Lipinski definition) is 4. The molecule has 90 valence electrons. The van der Waals surface area contributed by atoms with E-state index in [1.807, 2.05) is 13.8 Å². The van der Waals surface area contributed by atoms with Gasteiger partial charge in [0.1, 0.15) is 6.04 Å². The highest BCUT2D eigenvalue weighted by Crippen LogP contribution is 2.13. The highest BCUT2D eigenvalue weighted by Gasteiger charge is 2.24. The number of carbonyl (C=O) groups excluding carboxylic acids is 1. The maximum absolute atomic E-state index is 11.3. The van der Waals surface area contributed by atoms with Crippen LogP contribution in [-0.2, 0) is 9.53 Å². The highest BCUT2D eigenvalue weighted by molar-refractivity contribution is 5.75. The van der Waals surface area contributed by atoms with Gasteiger partial charge in [-0.1, -0.05) is 13.8 Å². The van der Waals surface area contributed by atoms with Gasteiger partial charge in [0, 0.05) is 6.54 Å². The molecule has 0 heterocycles. The Morgan fingerprint density at radius 2 is 1.93 bits per heavy atom. The largest absolute Gasteiger partial charge is 0.465 e. The van der Waals surface area contributed by atoms with Crippen LogP contribution in [0.2, 0.25) is 0 Å². The second-order valence-electron chi connectivity index (χ2n) is 3.79. The zero-order valence-electron chi connectivity index (χ0n) is 10.2. The minimum atomic E-state index is -0.721. The summed E-state index contributed by atoms with van der Waals surface area (Å²) in [7, 11) is 0. The fourth-order valence-corrected chi connectivity index (χ4v) is 1.19. The van der Waals surface area contributed by atoms with Crippen LogP contribution in [0.25, 0.3) is 0 Å². The summed E-state index contributed by atoms with van der Waals surface area (Å²) < 4.78 is 4.85. The highest BCUT2D eigenvalue weighted by atomic mass is 16.5. The summed E-state index contributed by atoms with van der Waals surface area (Å²) in [6.07, 6.45) is 1.35. The van der Waals surface area contributed by atoms with Crippen LogP contribution >= 0.6 is 0 Å². The van der Waals surface area contributed by atoms with Crippen molar-refractivity contribution in [2.45, 2.75) is 52.2 Å². The normalized spacial score (nSPS) is 13.7. The lowest BCUT2D eigenvalue weighted by Crippen LogP contribution is -2.46. The molecule has 0 spiro atoms. The summed E-state index contributed by atoms with van der Waals surface area (Å²) in [6.45, 7) is 8.18. The molecule has 0 aromatic rings. The van der Waals surface area contributed by atoms with Crippen molar-refractivity contribution in [1.82, 2.24) is 5.32 Å². The Morgan fingerprint density at radius 3 is 2.33 bits per heavy atom. The molecule has 0 bridgehead atoms.